The number of rotatable bonds is 9. The van der Waals surface area contributed by atoms with Gasteiger partial charge in [0.05, 0.1) is 38.6 Å². The fourth-order valence-electron chi connectivity index (χ4n) is 3.23. The molecule has 0 bridgehead atoms. The normalized spacial score (nSPS) is 15.8. The molecule has 2 atom stereocenters. The average Bonchev–Trinajstić information content (AvgIpc) is 2.84. The lowest BCUT2D eigenvalue weighted by atomic mass is 9.97. The number of esters is 2. The van der Waals surface area contributed by atoms with Gasteiger partial charge in [0, 0.05) is 12.1 Å². The number of carbonyl (C=O) groups excluding carboxylic acids is 3. The summed E-state index contributed by atoms with van der Waals surface area (Å²) in [5.74, 6) is -2.01. The molecule has 0 aromatic carbocycles. The van der Waals surface area contributed by atoms with Crippen LogP contribution in [-0.4, -0.2) is 58.0 Å². The molecule has 1 aliphatic rings. The van der Waals surface area contributed by atoms with Crippen molar-refractivity contribution in [2.24, 2.45) is 5.92 Å². The van der Waals surface area contributed by atoms with E-state index in [4.69, 9.17) is 10.5 Å². The second kappa shape index (κ2) is 11.0. The standard InChI is InChI=1S/C21H25N7O6/c1-33-15(29)8-7-14(20(32)34-2)26-18(30)11-3-5-12(6-4-11)23-9-13-10-24-17-16(25-13)19(31)28-21(22)27-17/h3,5-6,10-11,14,23H,4,7-9H2,1-2H3,(H,26,30)(H3,22,24,27,28,31). The van der Waals surface area contributed by atoms with E-state index in [1.165, 1.54) is 20.4 Å². The monoisotopic (exact) mass is 471 g/mol. The van der Waals surface area contributed by atoms with Crippen LogP contribution in [0.1, 0.15) is 25.0 Å². The Balaban J connectivity index is 1.55. The number of allylic oxidation sites excluding steroid dienone is 2. The molecule has 0 spiro atoms. The van der Waals surface area contributed by atoms with E-state index in [9.17, 15) is 19.2 Å². The number of hydrogen-bond acceptors (Lipinski definition) is 11. The Morgan fingerprint density at radius 2 is 2.06 bits per heavy atom. The van der Waals surface area contributed by atoms with Crippen molar-refractivity contribution < 1.29 is 23.9 Å². The van der Waals surface area contributed by atoms with Crippen molar-refractivity contribution in [3.05, 3.63) is 46.2 Å². The van der Waals surface area contributed by atoms with E-state index >= 15 is 0 Å². The average molecular weight is 471 g/mol. The number of hydrogen-bond donors (Lipinski definition) is 4. The summed E-state index contributed by atoms with van der Waals surface area (Å²) in [6, 6.07) is -0.951. The third-order valence-electron chi connectivity index (χ3n) is 5.06. The summed E-state index contributed by atoms with van der Waals surface area (Å²) in [6.45, 7) is 0.289. The van der Waals surface area contributed by atoms with E-state index in [1.807, 2.05) is 6.08 Å². The molecule has 13 nitrogen and oxygen atoms in total. The van der Waals surface area contributed by atoms with Gasteiger partial charge >= 0.3 is 11.9 Å². The number of nitrogens with two attached hydrogens (primary N) is 1. The van der Waals surface area contributed by atoms with Crippen molar-refractivity contribution >= 4 is 35.0 Å². The minimum Gasteiger partial charge on any atom is -0.469 e. The number of aromatic nitrogens is 4. The largest absolute Gasteiger partial charge is 0.469 e. The predicted molar refractivity (Wildman–Crippen MR) is 120 cm³/mol. The lowest BCUT2D eigenvalue weighted by Gasteiger charge is -2.21. The second-order valence-corrected chi connectivity index (χ2v) is 7.40. The molecule has 34 heavy (non-hydrogen) atoms. The molecular weight excluding hydrogens is 446 g/mol. The summed E-state index contributed by atoms with van der Waals surface area (Å²) in [7, 11) is 2.46. The maximum atomic E-state index is 12.6. The Morgan fingerprint density at radius 3 is 2.74 bits per heavy atom. The van der Waals surface area contributed by atoms with Gasteiger partial charge < -0.3 is 25.8 Å². The van der Waals surface area contributed by atoms with Gasteiger partial charge in [-0.05, 0) is 18.9 Å². The van der Waals surface area contributed by atoms with Crippen LogP contribution >= 0.6 is 0 Å². The Labute approximate surface area is 193 Å². The van der Waals surface area contributed by atoms with Gasteiger partial charge in [0.1, 0.15) is 6.04 Å². The minimum atomic E-state index is -0.951. The van der Waals surface area contributed by atoms with Crippen LogP contribution in [0.15, 0.2) is 34.9 Å². The van der Waals surface area contributed by atoms with Gasteiger partial charge in [-0.15, -0.1) is 0 Å². The lowest BCUT2D eigenvalue weighted by molar-refractivity contribution is -0.146. The highest BCUT2D eigenvalue weighted by molar-refractivity contribution is 5.87. The number of ether oxygens (including phenoxy) is 2. The first-order valence-electron chi connectivity index (χ1n) is 10.4. The van der Waals surface area contributed by atoms with Gasteiger partial charge in [-0.3, -0.25) is 19.4 Å². The molecule has 3 rings (SSSR count). The smallest absolute Gasteiger partial charge is 0.328 e. The summed E-state index contributed by atoms with van der Waals surface area (Å²) in [6.07, 6.45) is 7.19. The number of nitrogens with one attached hydrogen (secondary N) is 3. The van der Waals surface area contributed by atoms with Crippen LogP contribution in [0.2, 0.25) is 0 Å². The number of H-pyrrole nitrogens is 1. The second-order valence-electron chi connectivity index (χ2n) is 7.40. The number of methoxy groups -OCH3 is 2. The zero-order valence-electron chi connectivity index (χ0n) is 18.7. The molecule has 1 amide bonds. The first kappa shape index (κ1) is 24.4. The van der Waals surface area contributed by atoms with Crippen LogP contribution in [0.4, 0.5) is 5.95 Å². The zero-order valence-corrected chi connectivity index (χ0v) is 18.7. The zero-order chi connectivity index (χ0) is 24.7. The quantitative estimate of drug-likeness (QED) is 0.343. The molecule has 2 aromatic heterocycles. The van der Waals surface area contributed by atoms with Gasteiger partial charge in [-0.2, -0.15) is 4.98 Å². The van der Waals surface area contributed by atoms with Gasteiger partial charge in [-0.25, -0.2) is 14.8 Å². The molecule has 2 heterocycles. The van der Waals surface area contributed by atoms with Crippen molar-refractivity contribution in [1.82, 2.24) is 30.6 Å². The van der Waals surface area contributed by atoms with Crippen molar-refractivity contribution in [1.29, 1.82) is 0 Å². The number of fused-ring (bicyclic) bond motifs is 1. The predicted octanol–water partition coefficient (Wildman–Crippen LogP) is -0.544. The highest BCUT2D eigenvalue weighted by Gasteiger charge is 2.26. The van der Waals surface area contributed by atoms with Crippen LogP contribution in [0.3, 0.4) is 0 Å². The van der Waals surface area contributed by atoms with Gasteiger partial charge in [-0.1, -0.05) is 12.2 Å². The van der Waals surface area contributed by atoms with E-state index in [0.717, 1.165) is 5.70 Å². The van der Waals surface area contributed by atoms with E-state index in [2.05, 4.69) is 35.3 Å². The first-order valence-corrected chi connectivity index (χ1v) is 10.4. The highest BCUT2D eigenvalue weighted by Crippen LogP contribution is 2.16. The summed E-state index contributed by atoms with van der Waals surface area (Å²) in [4.78, 5) is 62.6. The third-order valence-corrected chi connectivity index (χ3v) is 5.06. The molecule has 2 aromatic rings. The molecule has 2 unspecified atom stereocenters. The molecule has 1 aliphatic carbocycles. The topological polar surface area (TPSA) is 191 Å². The van der Waals surface area contributed by atoms with Crippen LogP contribution in [0.25, 0.3) is 11.2 Å². The lowest BCUT2D eigenvalue weighted by Crippen LogP contribution is -2.44. The molecule has 0 saturated heterocycles. The molecular formula is C21H25N7O6. The van der Waals surface area contributed by atoms with E-state index in [1.54, 1.807) is 12.2 Å². The number of aromatic amines is 1. The number of amides is 1. The number of nitrogen functional groups attached to an aromatic ring is 1. The van der Waals surface area contributed by atoms with Gasteiger partial charge in [0.25, 0.3) is 5.56 Å². The molecule has 180 valence electrons. The van der Waals surface area contributed by atoms with Crippen LogP contribution in [0, 0.1) is 5.92 Å². The minimum absolute atomic E-state index is 0.0298. The number of nitrogens with zero attached hydrogens (tertiary/aromatic N) is 3. The van der Waals surface area contributed by atoms with Crippen molar-refractivity contribution in [2.75, 3.05) is 20.0 Å². The van der Waals surface area contributed by atoms with Crippen LogP contribution in [0.5, 0.6) is 0 Å². The third kappa shape index (κ3) is 6.15. The fraction of sp³-hybridized carbons (Fsp3) is 0.381. The molecule has 13 heteroatoms. The Morgan fingerprint density at radius 1 is 1.26 bits per heavy atom. The van der Waals surface area contributed by atoms with E-state index in [0.29, 0.717) is 12.1 Å². The molecule has 0 fully saturated rings. The fourth-order valence-corrected chi connectivity index (χ4v) is 3.23. The first-order chi connectivity index (χ1) is 16.3. The Bertz CT molecular complexity index is 1210. The number of anilines is 1. The summed E-state index contributed by atoms with van der Waals surface area (Å²) in [5, 5.41) is 5.79. The maximum absolute atomic E-state index is 12.6. The van der Waals surface area contributed by atoms with Crippen molar-refractivity contribution in [3.63, 3.8) is 0 Å². The van der Waals surface area contributed by atoms with Crippen LogP contribution in [-0.2, 0) is 30.4 Å². The van der Waals surface area contributed by atoms with Gasteiger partial charge in [0.15, 0.2) is 11.2 Å². The van der Waals surface area contributed by atoms with E-state index in [-0.39, 0.29) is 42.4 Å². The Kier molecular flexibility index (Phi) is 7.90. The summed E-state index contributed by atoms with van der Waals surface area (Å²) in [5.41, 5.74) is 6.55. The molecule has 0 aliphatic heterocycles. The maximum Gasteiger partial charge on any atom is 0.328 e. The van der Waals surface area contributed by atoms with E-state index < -0.39 is 29.5 Å². The Hall–Kier alpha value is -4.29. The van der Waals surface area contributed by atoms with Gasteiger partial charge in [0.2, 0.25) is 11.9 Å². The molecule has 0 radical (unpaired) electrons. The van der Waals surface area contributed by atoms with Crippen molar-refractivity contribution in [3.8, 4) is 0 Å². The van der Waals surface area contributed by atoms with Crippen LogP contribution < -0.4 is 21.9 Å². The molecule has 0 saturated carbocycles. The highest BCUT2D eigenvalue weighted by atomic mass is 16.5. The number of carbonyl (C=O) groups is 3. The molecule has 5 N–H and O–H groups in total. The SMILES string of the molecule is COC(=O)CCC(NC(=O)C1C=CC(NCc2cnc3nc(N)[nH]c(=O)c3n2)=CC1)C(=O)OC. The summed E-state index contributed by atoms with van der Waals surface area (Å²) < 4.78 is 9.28. The summed E-state index contributed by atoms with van der Waals surface area (Å²) >= 11 is 0. The van der Waals surface area contributed by atoms with Crippen molar-refractivity contribution in [2.45, 2.75) is 31.8 Å².